The Morgan fingerprint density at radius 3 is 2.37 bits per heavy atom. The second-order valence-electron chi connectivity index (χ2n) is 6.80. The molecule has 4 heteroatoms. The highest BCUT2D eigenvalue weighted by molar-refractivity contribution is 5.84. The van der Waals surface area contributed by atoms with Gasteiger partial charge < -0.3 is 14.8 Å². The van der Waals surface area contributed by atoms with E-state index >= 15 is 0 Å². The standard InChI is InChI=1S/C23H25NO3/c1-16(2)26-21-10-6-7-18(13-21)15-24-23(25)17(3)27-22-12-11-19-8-4-5-9-20(19)14-22/h4-14,16-17H,15H2,1-3H3,(H,24,25)/t17-/m0/s1. The molecule has 0 heterocycles. The van der Waals surface area contributed by atoms with Crippen molar-refractivity contribution < 1.29 is 14.3 Å². The molecule has 0 spiro atoms. The Hall–Kier alpha value is -3.01. The summed E-state index contributed by atoms with van der Waals surface area (Å²) in [5, 5.41) is 5.15. The second kappa shape index (κ2) is 8.58. The molecule has 4 nitrogen and oxygen atoms in total. The molecule has 3 aromatic carbocycles. The van der Waals surface area contributed by atoms with Gasteiger partial charge in [-0.25, -0.2) is 0 Å². The number of amides is 1. The molecule has 3 aromatic rings. The van der Waals surface area contributed by atoms with E-state index in [0.29, 0.717) is 12.3 Å². The number of benzene rings is 3. The molecule has 0 aliphatic heterocycles. The number of carbonyl (C=O) groups is 1. The van der Waals surface area contributed by atoms with Crippen LogP contribution in [-0.4, -0.2) is 18.1 Å². The fourth-order valence-corrected chi connectivity index (χ4v) is 2.83. The maximum atomic E-state index is 12.4. The fourth-order valence-electron chi connectivity index (χ4n) is 2.83. The third-order valence-corrected chi connectivity index (χ3v) is 4.14. The molecule has 140 valence electrons. The Morgan fingerprint density at radius 1 is 0.852 bits per heavy atom. The average molecular weight is 363 g/mol. The average Bonchev–Trinajstić information content (AvgIpc) is 2.65. The van der Waals surface area contributed by atoms with Gasteiger partial charge in [0.2, 0.25) is 0 Å². The SMILES string of the molecule is CC(C)Oc1cccc(CNC(=O)[C@H](C)Oc2ccc3ccccc3c2)c1. The molecule has 0 radical (unpaired) electrons. The first kappa shape index (κ1) is 18.8. The number of hydrogen-bond donors (Lipinski definition) is 1. The summed E-state index contributed by atoms with van der Waals surface area (Å²) in [5.41, 5.74) is 0.986. The molecule has 27 heavy (non-hydrogen) atoms. The zero-order valence-corrected chi connectivity index (χ0v) is 15.9. The summed E-state index contributed by atoms with van der Waals surface area (Å²) in [7, 11) is 0. The van der Waals surface area contributed by atoms with Crippen molar-refractivity contribution >= 4 is 16.7 Å². The number of nitrogens with one attached hydrogen (secondary N) is 1. The van der Waals surface area contributed by atoms with Crippen LogP contribution in [0.2, 0.25) is 0 Å². The van der Waals surface area contributed by atoms with Crippen molar-refractivity contribution in [3.8, 4) is 11.5 Å². The lowest BCUT2D eigenvalue weighted by atomic mass is 10.1. The van der Waals surface area contributed by atoms with Crippen molar-refractivity contribution in [3.05, 3.63) is 72.3 Å². The van der Waals surface area contributed by atoms with E-state index in [4.69, 9.17) is 9.47 Å². The van der Waals surface area contributed by atoms with E-state index in [1.807, 2.05) is 80.6 Å². The van der Waals surface area contributed by atoms with Crippen LogP contribution in [0.4, 0.5) is 0 Å². The van der Waals surface area contributed by atoms with Gasteiger partial charge in [-0.2, -0.15) is 0 Å². The molecule has 0 unspecified atom stereocenters. The first-order valence-electron chi connectivity index (χ1n) is 9.20. The largest absolute Gasteiger partial charge is 0.491 e. The van der Waals surface area contributed by atoms with Crippen molar-refractivity contribution in [2.24, 2.45) is 0 Å². The third-order valence-electron chi connectivity index (χ3n) is 4.14. The van der Waals surface area contributed by atoms with Crippen LogP contribution < -0.4 is 14.8 Å². The summed E-state index contributed by atoms with van der Waals surface area (Å²) in [6.07, 6.45) is -0.466. The zero-order chi connectivity index (χ0) is 19.2. The summed E-state index contributed by atoms with van der Waals surface area (Å²) in [6.45, 7) is 6.16. The Bertz CT molecular complexity index is 920. The van der Waals surface area contributed by atoms with Gasteiger partial charge in [-0.15, -0.1) is 0 Å². The predicted octanol–water partition coefficient (Wildman–Crippen LogP) is 4.71. The lowest BCUT2D eigenvalue weighted by Crippen LogP contribution is -2.35. The van der Waals surface area contributed by atoms with Crippen LogP contribution in [0.3, 0.4) is 0 Å². The quantitative estimate of drug-likeness (QED) is 0.661. The summed E-state index contributed by atoms with van der Waals surface area (Å²) in [5.74, 6) is 1.33. The third kappa shape index (κ3) is 5.23. The molecular formula is C23H25NO3. The summed E-state index contributed by atoms with van der Waals surface area (Å²) in [4.78, 5) is 12.4. The molecule has 0 aromatic heterocycles. The van der Waals surface area contributed by atoms with Crippen molar-refractivity contribution in [3.63, 3.8) is 0 Å². The second-order valence-corrected chi connectivity index (χ2v) is 6.80. The van der Waals surface area contributed by atoms with E-state index in [9.17, 15) is 4.79 Å². The van der Waals surface area contributed by atoms with Gasteiger partial charge in [0.15, 0.2) is 6.10 Å². The zero-order valence-electron chi connectivity index (χ0n) is 15.9. The van der Waals surface area contributed by atoms with Crippen molar-refractivity contribution in [2.45, 2.75) is 39.5 Å². The Kier molecular flexibility index (Phi) is 5.97. The summed E-state index contributed by atoms with van der Waals surface area (Å²) in [6, 6.07) is 21.6. The molecule has 0 bridgehead atoms. The van der Waals surface area contributed by atoms with Crippen molar-refractivity contribution in [2.75, 3.05) is 0 Å². The number of carbonyl (C=O) groups excluding carboxylic acids is 1. The van der Waals surface area contributed by atoms with E-state index < -0.39 is 6.10 Å². The molecule has 0 aliphatic carbocycles. The van der Waals surface area contributed by atoms with Crippen LogP contribution in [0.5, 0.6) is 11.5 Å². The molecular weight excluding hydrogens is 338 g/mol. The lowest BCUT2D eigenvalue weighted by molar-refractivity contribution is -0.127. The Balaban J connectivity index is 1.57. The van der Waals surface area contributed by atoms with Crippen LogP contribution in [0, 0.1) is 0 Å². The summed E-state index contributed by atoms with van der Waals surface area (Å²) >= 11 is 0. The molecule has 0 fully saturated rings. The molecule has 0 saturated carbocycles. The van der Waals surface area contributed by atoms with Crippen LogP contribution in [0.25, 0.3) is 10.8 Å². The van der Waals surface area contributed by atoms with E-state index in [-0.39, 0.29) is 12.0 Å². The minimum atomic E-state index is -0.582. The van der Waals surface area contributed by atoms with Gasteiger partial charge in [0.05, 0.1) is 6.10 Å². The maximum absolute atomic E-state index is 12.4. The van der Waals surface area contributed by atoms with Gasteiger partial charge in [-0.05, 0) is 61.4 Å². The molecule has 0 saturated heterocycles. The van der Waals surface area contributed by atoms with Gasteiger partial charge in [-0.1, -0.05) is 42.5 Å². The van der Waals surface area contributed by atoms with Gasteiger partial charge in [0.25, 0.3) is 5.91 Å². The van der Waals surface area contributed by atoms with Gasteiger partial charge >= 0.3 is 0 Å². The monoisotopic (exact) mass is 363 g/mol. The van der Waals surface area contributed by atoms with Crippen molar-refractivity contribution in [1.82, 2.24) is 5.32 Å². The molecule has 0 aliphatic rings. The summed E-state index contributed by atoms with van der Waals surface area (Å²) < 4.78 is 11.5. The lowest BCUT2D eigenvalue weighted by Gasteiger charge is -2.16. The minimum absolute atomic E-state index is 0.116. The number of ether oxygens (including phenoxy) is 2. The van der Waals surface area contributed by atoms with Crippen molar-refractivity contribution in [1.29, 1.82) is 0 Å². The number of rotatable bonds is 7. The van der Waals surface area contributed by atoms with Crippen LogP contribution in [0.1, 0.15) is 26.3 Å². The Morgan fingerprint density at radius 2 is 1.59 bits per heavy atom. The van der Waals surface area contributed by atoms with Crippen LogP contribution in [0.15, 0.2) is 66.7 Å². The molecule has 1 atom stereocenters. The maximum Gasteiger partial charge on any atom is 0.261 e. The smallest absolute Gasteiger partial charge is 0.261 e. The highest BCUT2D eigenvalue weighted by Gasteiger charge is 2.14. The molecule has 3 rings (SSSR count). The minimum Gasteiger partial charge on any atom is -0.491 e. The normalized spacial score (nSPS) is 12.0. The van der Waals surface area contributed by atoms with E-state index in [1.54, 1.807) is 6.92 Å². The van der Waals surface area contributed by atoms with Gasteiger partial charge in [0, 0.05) is 6.54 Å². The number of fused-ring (bicyclic) bond motifs is 1. The van der Waals surface area contributed by atoms with E-state index in [0.717, 1.165) is 22.1 Å². The predicted molar refractivity (Wildman–Crippen MR) is 108 cm³/mol. The highest BCUT2D eigenvalue weighted by Crippen LogP contribution is 2.21. The van der Waals surface area contributed by atoms with Crippen LogP contribution >= 0.6 is 0 Å². The Labute approximate surface area is 160 Å². The molecule has 1 amide bonds. The first-order chi connectivity index (χ1) is 13.0. The molecule has 1 N–H and O–H groups in total. The van der Waals surface area contributed by atoms with E-state index in [1.165, 1.54) is 0 Å². The topological polar surface area (TPSA) is 47.6 Å². The van der Waals surface area contributed by atoms with Gasteiger partial charge in [-0.3, -0.25) is 4.79 Å². The van der Waals surface area contributed by atoms with Gasteiger partial charge in [0.1, 0.15) is 11.5 Å². The first-order valence-corrected chi connectivity index (χ1v) is 9.20. The fraction of sp³-hybridized carbons (Fsp3) is 0.261. The highest BCUT2D eigenvalue weighted by atomic mass is 16.5. The van der Waals surface area contributed by atoms with E-state index in [2.05, 4.69) is 5.32 Å². The number of hydrogen-bond acceptors (Lipinski definition) is 3. The van der Waals surface area contributed by atoms with Crippen LogP contribution in [-0.2, 0) is 11.3 Å².